The van der Waals surface area contributed by atoms with Crippen molar-refractivity contribution in [3.8, 4) is 5.75 Å². The summed E-state index contributed by atoms with van der Waals surface area (Å²) in [4.78, 5) is 24.2. The van der Waals surface area contributed by atoms with E-state index >= 15 is 0 Å². The molecular formula is C24H21IN2O5. The maximum atomic E-state index is 13.0. The van der Waals surface area contributed by atoms with Crippen LogP contribution in [0, 0.1) is 3.57 Å². The number of hydrogen-bond acceptors (Lipinski definition) is 6. The van der Waals surface area contributed by atoms with Gasteiger partial charge in [0.15, 0.2) is 12.2 Å². The van der Waals surface area contributed by atoms with Gasteiger partial charge in [-0.15, -0.1) is 0 Å². The molecule has 3 aromatic rings. The second-order valence-corrected chi connectivity index (χ2v) is 7.86. The third kappa shape index (κ3) is 5.51. The number of rotatable bonds is 8. The molecule has 0 aromatic heterocycles. The Morgan fingerprint density at radius 1 is 1.03 bits per heavy atom. The zero-order valence-electron chi connectivity index (χ0n) is 17.2. The van der Waals surface area contributed by atoms with Crippen LogP contribution in [-0.4, -0.2) is 36.9 Å². The van der Waals surface area contributed by atoms with Crippen LogP contribution in [0.1, 0.15) is 16.7 Å². The van der Waals surface area contributed by atoms with Crippen molar-refractivity contribution in [1.29, 1.82) is 0 Å². The highest BCUT2D eigenvalue weighted by atomic mass is 127. The Labute approximate surface area is 199 Å². The number of amides is 1. The number of hydrazone groups is 1. The lowest BCUT2D eigenvalue weighted by atomic mass is 9.85. The van der Waals surface area contributed by atoms with E-state index in [0.717, 1.165) is 3.57 Å². The number of aliphatic hydroxyl groups is 1. The molecule has 0 saturated heterocycles. The summed E-state index contributed by atoms with van der Waals surface area (Å²) < 4.78 is 10.7. The molecule has 3 aromatic carbocycles. The molecular weight excluding hydrogens is 523 g/mol. The van der Waals surface area contributed by atoms with Crippen LogP contribution in [-0.2, 0) is 19.9 Å². The predicted molar refractivity (Wildman–Crippen MR) is 128 cm³/mol. The van der Waals surface area contributed by atoms with Gasteiger partial charge in [0, 0.05) is 0 Å². The molecule has 2 N–H and O–H groups in total. The van der Waals surface area contributed by atoms with E-state index in [2.05, 4.69) is 37.9 Å². The van der Waals surface area contributed by atoms with Crippen LogP contribution in [0.3, 0.4) is 0 Å². The maximum Gasteiger partial charge on any atom is 0.343 e. The SMILES string of the molecule is COC(=O)COc1ccc(/C=N/NC(=O)C(O)(c2ccccc2)c2ccccc2)cc1I. The van der Waals surface area contributed by atoms with Crippen molar-refractivity contribution >= 4 is 40.7 Å². The lowest BCUT2D eigenvalue weighted by Crippen LogP contribution is -2.43. The van der Waals surface area contributed by atoms with E-state index in [-0.39, 0.29) is 6.61 Å². The second-order valence-electron chi connectivity index (χ2n) is 6.70. The Bertz CT molecular complexity index is 1060. The van der Waals surface area contributed by atoms with Gasteiger partial charge in [0.2, 0.25) is 0 Å². The standard InChI is InChI=1S/C24H21IN2O5/c1-31-22(28)16-32-21-13-12-17(14-20(21)25)15-26-27-23(29)24(30,18-8-4-2-5-9-18)19-10-6-3-7-11-19/h2-15,30H,16H2,1H3,(H,27,29)/b26-15+. The van der Waals surface area contributed by atoms with E-state index in [1.54, 1.807) is 66.7 Å². The van der Waals surface area contributed by atoms with Gasteiger partial charge < -0.3 is 14.6 Å². The first kappa shape index (κ1) is 23.4. The van der Waals surface area contributed by atoms with Gasteiger partial charge >= 0.3 is 5.97 Å². The zero-order valence-corrected chi connectivity index (χ0v) is 19.4. The van der Waals surface area contributed by atoms with E-state index in [0.29, 0.717) is 22.4 Å². The van der Waals surface area contributed by atoms with E-state index in [1.807, 2.05) is 12.1 Å². The smallest absolute Gasteiger partial charge is 0.343 e. The number of carbonyl (C=O) groups excluding carboxylic acids is 2. The summed E-state index contributed by atoms with van der Waals surface area (Å²) >= 11 is 2.07. The molecule has 0 atom stereocenters. The lowest BCUT2D eigenvalue weighted by Gasteiger charge is -2.27. The zero-order chi connectivity index (χ0) is 23.0. The monoisotopic (exact) mass is 544 g/mol. The number of hydrogen-bond donors (Lipinski definition) is 2. The Hall–Kier alpha value is -3.24. The first-order chi connectivity index (χ1) is 15.4. The second kappa shape index (κ2) is 10.9. The highest BCUT2D eigenvalue weighted by Crippen LogP contribution is 2.29. The largest absolute Gasteiger partial charge is 0.481 e. The van der Waals surface area contributed by atoms with Crippen molar-refractivity contribution in [1.82, 2.24) is 5.43 Å². The number of esters is 1. The molecule has 7 nitrogen and oxygen atoms in total. The third-order valence-corrected chi connectivity index (χ3v) is 5.46. The summed E-state index contributed by atoms with van der Waals surface area (Å²) in [6.07, 6.45) is 1.46. The predicted octanol–water partition coefficient (Wildman–Crippen LogP) is 3.23. The molecule has 1 amide bonds. The van der Waals surface area contributed by atoms with Gasteiger partial charge in [0.25, 0.3) is 5.91 Å². The van der Waals surface area contributed by atoms with Crippen LogP contribution in [0.5, 0.6) is 5.75 Å². The number of nitrogens with one attached hydrogen (secondary N) is 1. The fourth-order valence-electron chi connectivity index (χ4n) is 2.94. The minimum Gasteiger partial charge on any atom is -0.481 e. The van der Waals surface area contributed by atoms with Crippen LogP contribution < -0.4 is 10.2 Å². The first-order valence-corrected chi connectivity index (χ1v) is 10.7. The molecule has 0 aliphatic carbocycles. The Morgan fingerprint density at radius 3 is 2.16 bits per heavy atom. The molecule has 3 rings (SSSR count). The number of ether oxygens (including phenoxy) is 2. The molecule has 0 bridgehead atoms. The van der Waals surface area contributed by atoms with Gasteiger partial charge in [-0.2, -0.15) is 5.10 Å². The van der Waals surface area contributed by atoms with Gasteiger partial charge in [-0.05, 0) is 57.5 Å². The van der Waals surface area contributed by atoms with E-state index in [1.165, 1.54) is 13.3 Å². The molecule has 0 saturated carbocycles. The number of methoxy groups -OCH3 is 1. The summed E-state index contributed by atoms with van der Waals surface area (Å²) in [6, 6.07) is 22.6. The number of benzene rings is 3. The highest BCUT2D eigenvalue weighted by molar-refractivity contribution is 14.1. The van der Waals surface area contributed by atoms with Crippen molar-refractivity contribution in [2.75, 3.05) is 13.7 Å². The van der Waals surface area contributed by atoms with Crippen molar-refractivity contribution in [3.63, 3.8) is 0 Å². The Morgan fingerprint density at radius 2 is 1.62 bits per heavy atom. The average Bonchev–Trinajstić information content (AvgIpc) is 2.83. The Balaban J connectivity index is 1.75. The molecule has 8 heteroatoms. The molecule has 0 spiro atoms. The average molecular weight is 544 g/mol. The Kier molecular flexibility index (Phi) is 7.96. The normalized spacial score (nSPS) is 11.2. The van der Waals surface area contributed by atoms with Gasteiger partial charge in [0.1, 0.15) is 5.75 Å². The first-order valence-electron chi connectivity index (χ1n) is 9.61. The number of halogens is 1. The summed E-state index contributed by atoms with van der Waals surface area (Å²) in [7, 11) is 1.29. The van der Waals surface area contributed by atoms with Gasteiger partial charge in [-0.3, -0.25) is 4.79 Å². The topological polar surface area (TPSA) is 97.2 Å². The van der Waals surface area contributed by atoms with Crippen molar-refractivity contribution in [2.24, 2.45) is 5.10 Å². The molecule has 0 aliphatic heterocycles. The summed E-state index contributed by atoms with van der Waals surface area (Å²) in [5.41, 5.74) is 2.09. The van der Waals surface area contributed by atoms with Crippen molar-refractivity contribution in [2.45, 2.75) is 5.60 Å². The molecule has 0 unspecified atom stereocenters. The van der Waals surface area contributed by atoms with Crippen LogP contribution >= 0.6 is 22.6 Å². The third-order valence-electron chi connectivity index (χ3n) is 4.62. The van der Waals surface area contributed by atoms with E-state index in [9.17, 15) is 14.7 Å². The molecule has 0 aliphatic rings. The summed E-state index contributed by atoms with van der Waals surface area (Å²) in [6.45, 7) is -0.187. The van der Waals surface area contributed by atoms with E-state index < -0.39 is 17.5 Å². The van der Waals surface area contributed by atoms with Crippen molar-refractivity contribution < 1.29 is 24.2 Å². The molecule has 0 radical (unpaired) electrons. The minimum atomic E-state index is -1.90. The summed E-state index contributed by atoms with van der Waals surface area (Å²) in [5.74, 6) is -0.628. The quantitative estimate of drug-likeness (QED) is 0.197. The maximum absolute atomic E-state index is 13.0. The van der Waals surface area contributed by atoms with Crippen molar-refractivity contribution in [3.05, 3.63) is 99.1 Å². The lowest BCUT2D eigenvalue weighted by molar-refractivity contribution is -0.143. The molecule has 0 fully saturated rings. The fraction of sp³-hybridized carbons (Fsp3) is 0.125. The fourth-order valence-corrected chi connectivity index (χ4v) is 3.64. The summed E-state index contributed by atoms with van der Waals surface area (Å²) in [5, 5.41) is 15.4. The van der Waals surface area contributed by atoms with Gasteiger partial charge in [0.05, 0.1) is 16.9 Å². The van der Waals surface area contributed by atoms with Gasteiger partial charge in [-0.25, -0.2) is 10.2 Å². The van der Waals surface area contributed by atoms with Gasteiger partial charge in [-0.1, -0.05) is 60.7 Å². The molecule has 164 valence electrons. The number of carbonyl (C=O) groups is 2. The van der Waals surface area contributed by atoms with Crippen LogP contribution in [0.15, 0.2) is 84.0 Å². The molecule has 32 heavy (non-hydrogen) atoms. The van der Waals surface area contributed by atoms with Crippen LogP contribution in [0.4, 0.5) is 0 Å². The van der Waals surface area contributed by atoms with Crippen LogP contribution in [0.25, 0.3) is 0 Å². The molecule has 0 heterocycles. The van der Waals surface area contributed by atoms with E-state index in [4.69, 9.17) is 4.74 Å². The number of nitrogens with zero attached hydrogens (tertiary/aromatic N) is 1. The highest BCUT2D eigenvalue weighted by Gasteiger charge is 2.39. The minimum absolute atomic E-state index is 0.187. The van der Waals surface area contributed by atoms with Crippen LogP contribution in [0.2, 0.25) is 0 Å².